The summed E-state index contributed by atoms with van der Waals surface area (Å²) in [5.41, 5.74) is 1.17. The highest BCUT2D eigenvalue weighted by atomic mass is 28.4. The summed E-state index contributed by atoms with van der Waals surface area (Å²) in [5, 5.41) is 0.790. The van der Waals surface area contributed by atoms with Crippen molar-refractivity contribution in [3.05, 3.63) is 0 Å². The van der Waals surface area contributed by atoms with E-state index in [-0.39, 0.29) is 20.2 Å². The monoisotopic (exact) mass is 386 g/mol. The van der Waals surface area contributed by atoms with Gasteiger partial charge in [-0.25, -0.2) is 0 Å². The van der Waals surface area contributed by atoms with E-state index in [1.165, 1.54) is 0 Å². The van der Waals surface area contributed by atoms with Crippen molar-refractivity contribution in [2.24, 2.45) is 0 Å². The second-order valence-electron chi connectivity index (χ2n) is 12.9. The lowest BCUT2D eigenvalue weighted by molar-refractivity contribution is 0.336. The van der Waals surface area contributed by atoms with E-state index in [9.17, 15) is 0 Å². The molecule has 0 bridgehead atoms. The zero-order valence-electron chi connectivity index (χ0n) is 20.6. The molecule has 0 aromatic rings. The van der Waals surface area contributed by atoms with Crippen LogP contribution in [0.3, 0.4) is 0 Å². The molecule has 3 heteroatoms. The topological polar surface area (TPSA) is 9.23 Å². The van der Waals surface area contributed by atoms with Gasteiger partial charge in [0, 0.05) is 0 Å². The molecule has 0 aliphatic rings. The number of hydrogen-bond donors (Lipinski definition) is 0. The summed E-state index contributed by atoms with van der Waals surface area (Å²) in [6, 6.07) is 0. The Kier molecular flexibility index (Phi) is 7.20. The van der Waals surface area contributed by atoms with E-state index in [1.54, 1.807) is 0 Å². The highest BCUT2D eigenvalue weighted by Crippen LogP contribution is 2.65. The number of rotatable bonds is 4. The van der Waals surface area contributed by atoms with E-state index >= 15 is 0 Å². The summed E-state index contributed by atoms with van der Waals surface area (Å²) in [5.74, 6) is 0. The van der Waals surface area contributed by atoms with Gasteiger partial charge in [0.1, 0.15) is 0 Å². The molecule has 0 saturated heterocycles. The lowest BCUT2D eigenvalue weighted by Gasteiger charge is -2.64. The summed E-state index contributed by atoms with van der Waals surface area (Å²) >= 11 is 0. The molecule has 0 fully saturated rings. The summed E-state index contributed by atoms with van der Waals surface area (Å²) in [6.45, 7) is 39.0. The molecule has 0 rings (SSSR count). The van der Waals surface area contributed by atoms with Crippen LogP contribution in [0.4, 0.5) is 0 Å². The molecule has 152 valence electrons. The molecule has 0 atom stereocenters. The minimum Gasteiger partial charge on any atom is -0.453 e. The van der Waals surface area contributed by atoms with E-state index in [1.807, 2.05) is 0 Å². The molecule has 0 unspecified atom stereocenters. The maximum atomic E-state index is 7.88. The van der Waals surface area contributed by atoms with Gasteiger partial charge in [0.2, 0.25) is 0 Å². The van der Waals surface area contributed by atoms with Gasteiger partial charge in [-0.1, -0.05) is 111 Å². The lowest BCUT2D eigenvalue weighted by Crippen LogP contribution is -2.68. The molecule has 0 amide bonds. The molecule has 1 nitrogen and oxygen atoms in total. The van der Waals surface area contributed by atoms with Crippen LogP contribution in [0.15, 0.2) is 0 Å². The SMILES string of the molecule is CC(C)[Si](O[Si](C(C)C)(C(C)(C)C)C(C)(C)C)(C(C)(C)C)C(C)(C)C. The molecule has 25 heavy (non-hydrogen) atoms. The summed E-state index contributed by atoms with van der Waals surface area (Å²) in [6.07, 6.45) is 0. The molecule has 0 aromatic carbocycles. The van der Waals surface area contributed by atoms with E-state index in [0.29, 0.717) is 11.1 Å². The minimum atomic E-state index is -2.13. The third kappa shape index (κ3) is 4.13. The van der Waals surface area contributed by atoms with Gasteiger partial charge in [-0.3, -0.25) is 0 Å². The van der Waals surface area contributed by atoms with E-state index in [2.05, 4.69) is 111 Å². The first-order valence-electron chi connectivity index (χ1n) is 10.3. The van der Waals surface area contributed by atoms with Gasteiger partial charge in [0.15, 0.2) is 16.6 Å². The Bertz CT molecular complexity index is 367. The molecule has 0 heterocycles. The summed E-state index contributed by atoms with van der Waals surface area (Å²) in [4.78, 5) is 0. The third-order valence-corrected chi connectivity index (χ3v) is 21.1. The molecule has 0 radical (unpaired) electrons. The number of hydrogen-bond acceptors (Lipinski definition) is 1. The first kappa shape index (κ1) is 25.4. The molecule has 0 aromatic heterocycles. The van der Waals surface area contributed by atoms with Crippen LogP contribution in [0.1, 0.15) is 111 Å². The van der Waals surface area contributed by atoms with Crippen molar-refractivity contribution in [3.8, 4) is 0 Å². The fraction of sp³-hybridized carbons (Fsp3) is 1.00. The van der Waals surface area contributed by atoms with E-state index in [4.69, 9.17) is 4.12 Å². The normalized spacial score (nSPS) is 16.1. The van der Waals surface area contributed by atoms with E-state index in [0.717, 1.165) is 0 Å². The fourth-order valence-electron chi connectivity index (χ4n) is 6.82. The van der Waals surface area contributed by atoms with Crippen LogP contribution in [-0.2, 0) is 4.12 Å². The lowest BCUT2D eigenvalue weighted by atomic mass is 10.2. The van der Waals surface area contributed by atoms with Crippen LogP contribution in [0.5, 0.6) is 0 Å². The Morgan fingerprint density at radius 2 is 0.600 bits per heavy atom. The van der Waals surface area contributed by atoms with Crippen LogP contribution in [0, 0.1) is 0 Å². The van der Waals surface area contributed by atoms with Gasteiger partial charge in [-0.15, -0.1) is 0 Å². The molecule has 0 spiro atoms. The Hall–Kier alpha value is 0.394. The molecule has 0 aliphatic heterocycles. The van der Waals surface area contributed by atoms with Crippen molar-refractivity contribution in [1.82, 2.24) is 0 Å². The van der Waals surface area contributed by atoms with Gasteiger partial charge in [0.25, 0.3) is 0 Å². The molecule has 0 saturated carbocycles. The molecule has 0 aliphatic carbocycles. The van der Waals surface area contributed by atoms with Gasteiger partial charge in [0.05, 0.1) is 0 Å². The van der Waals surface area contributed by atoms with Crippen molar-refractivity contribution < 1.29 is 4.12 Å². The van der Waals surface area contributed by atoms with Crippen LogP contribution in [0.25, 0.3) is 0 Å². The summed E-state index contributed by atoms with van der Waals surface area (Å²) < 4.78 is 7.88. The van der Waals surface area contributed by atoms with Crippen molar-refractivity contribution in [1.29, 1.82) is 0 Å². The minimum absolute atomic E-state index is 0.197. The molecular formula is C22H50OSi2. The molecular weight excluding hydrogens is 336 g/mol. The van der Waals surface area contributed by atoms with Crippen molar-refractivity contribution in [2.75, 3.05) is 0 Å². The standard InChI is InChI=1S/C22H50OSi2/c1-17(2)24(19(5,6)7,20(8,9)10)23-25(18(3)4,21(11,12)13)22(14,15)16/h17-18H,1-16H3. The van der Waals surface area contributed by atoms with Gasteiger partial charge in [-0.2, -0.15) is 0 Å². The maximum absolute atomic E-state index is 7.88. The highest BCUT2D eigenvalue weighted by molar-refractivity contribution is 6.93. The van der Waals surface area contributed by atoms with Crippen molar-refractivity contribution in [2.45, 2.75) is 142 Å². The van der Waals surface area contributed by atoms with E-state index < -0.39 is 16.6 Å². The quantitative estimate of drug-likeness (QED) is 0.438. The average Bonchev–Trinajstić information content (AvgIpc) is 2.20. The zero-order chi connectivity index (χ0) is 20.9. The van der Waals surface area contributed by atoms with Crippen molar-refractivity contribution in [3.63, 3.8) is 0 Å². The molecule has 0 N–H and O–H groups in total. The van der Waals surface area contributed by atoms with Gasteiger partial charge in [-0.05, 0) is 31.2 Å². The maximum Gasteiger partial charge on any atom is 0.193 e. The van der Waals surface area contributed by atoms with Crippen LogP contribution >= 0.6 is 0 Å². The van der Waals surface area contributed by atoms with Crippen molar-refractivity contribution >= 4 is 16.6 Å². The first-order chi connectivity index (χ1) is 10.6. The van der Waals surface area contributed by atoms with Crippen LogP contribution in [-0.4, -0.2) is 16.6 Å². The van der Waals surface area contributed by atoms with Gasteiger partial charge >= 0.3 is 0 Å². The highest BCUT2D eigenvalue weighted by Gasteiger charge is 2.66. The Labute approximate surface area is 163 Å². The fourth-order valence-corrected chi connectivity index (χ4v) is 27.1. The van der Waals surface area contributed by atoms with Gasteiger partial charge < -0.3 is 4.12 Å². The predicted molar refractivity (Wildman–Crippen MR) is 122 cm³/mol. The Balaban J connectivity index is 7.00. The average molecular weight is 387 g/mol. The zero-order valence-corrected chi connectivity index (χ0v) is 22.6. The largest absolute Gasteiger partial charge is 0.453 e. The second kappa shape index (κ2) is 7.09. The first-order valence-corrected chi connectivity index (χ1v) is 14.3. The predicted octanol–water partition coefficient (Wildman–Crippen LogP) is 8.91. The van der Waals surface area contributed by atoms with Crippen LogP contribution in [0.2, 0.25) is 31.2 Å². The van der Waals surface area contributed by atoms with Crippen LogP contribution < -0.4 is 0 Å². The third-order valence-electron chi connectivity index (χ3n) is 6.40. The second-order valence-corrected chi connectivity index (χ2v) is 25.0. The smallest absolute Gasteiger partial charge is 0.193 e. The Morgan fingerprint density at radius 1 is 0.440 bits per heavy atom. The Morgan fingerprint density at radius 3 is 0.680 bits per heavy atom. The summed E-state index contributed by atoms with van der Waals surface area (Å²) in [7, 11) is -4.26.